The molecule has 0 aliphatic carbocycles. The first kappa shape index (κ1) is 17.4. The molecule has 2 N–H and O–H groups in total. The molecular weight excluding hydrogens is 302 g/mol. The first-order valence-electron chi connectivity index (χ1n) is 9.11. The number of carbonyl (C=O) groups is 1. The maximum absolute atomic E-state index is 12.6. The largest absolute Gasteiger partial charge is 0.378 e. The second-order valence-corrected chi connectivity index (χ2v) is 6.96. The van der Waals surface area contributed by atoms with E-state index in [1.165, 1.54) is 5.56 Å². The second kappa shape index (κ2) is 8.60. The Morgan fingerprint density at radius 2 is 1.79 bits per heavy atom. The smallest absolute Gasteiger partial charge is 0.225 e. The minimum absolute atomic E-state index is 0.152. The normalized spacial score (nSPS) is 21.6. The molecule has 2 aliphatic heterocycles. The van der Waals surface area contributed by atoms with Gasteiger partial charge in [-0.15, -0.1) is 0 Å². The van der Waals surface area contributed by atoms with Crippen molar-refractivity contribution in [2.45, 2.75) is 25.3 Å². The molecule has 0 bridgehead atoms. The molecule has 132 valence electrons. The van der Waals surface area contributed by atoms with Gasteiger partial charge in [0.25, 0.3) is 0 Å². The first-order chi connectivity index (χ1) is 11.7. The van der Waals surface area contributed by atoms with Crippen molar-refractivity contribution in [1.29, 1.82) is 0 Å². The van der Waals surface area contributed by atoms with Gasteiger partial charge in [0.15, 0.2) is 0 Å². The minimum Gasteiger partial charge on any atom is -0.378 e. The summed E-state index contributed by atoms with van der Waals surface area (Å²) in [7, 11) is 0. The maximum Gasteiger partial charge on any atom is 0.225 e. The van der Waals surface area contributed by atoms with E-state index in [1.54, 1.807) is 0 Å². The quantitative estimate of drug-likeness (QED) is 0.879. The molecule has 3 rings (SSSR count). The van der Waals surface area contributed by atoms with Crippen LogP contribution in [0.5, 0.6) is 0 Å². The molecule has 2 fully saturated rings. The summed E-state index contributed by atoms with van der Waals surface area (Å²) in [5.41, 5.74) is 7.61. The number of nitrogens with zero attached hydrogens (tertiary/aromatic N) is 2. The number of amides is 1. The van der Waals surface area contributed by atoms with Gasteiger partial charge in [0.2, 0.25) is 5.91 Å². The Balaban J connectivity index is 1.40. The van der Waals surface area contributed by atoms with E-state index >= 15 is 0 Å². The SMILES string of the molecule is NC(Cc1ccccc1)CN1CCC(C(=O)N2CCOCC2)CC1. The predicted octanol–water partition coefficient (Wildman–Crippen LogP) is 1.13. The molecule has 2 heterocycles. The zero-order chi connectivity index (χ0) is 16.8. The van der Waals surface area contributed by atoms with Crippen LogP contribution in [0.3, 0.4) is 0 Å². The van der Waals surface area contributed by atoms with Crippen LogP contribution in [0.15, 0.2) is 30.3 Å². The average molecular weight is 331 g/mol. The third kappa shape index (κ3) is 4.79. The maximum atomic E-state index is 12.6. The topological polar surface area (TPSA) is 58.8 Å². The number of piperidine rings is 1. The fourth-order valence-electron chi connectivity index (χ4n) is 3.72. The van der Waals surface area contributed by atoms with Crippen LogP contribution in [0.2, 0.25) is 0 Å². The summed E-state index contributed by atoms with van der Waals surface area (Å²) < 4.78 is 5.33. The van der Waals surface area contributed by atoms with Crippen molar-refractivity contribution in [3.05, 3.63) is 35.9 Å². The van der Waals surface area contributed by atoms with Crippen molar-refractivity contribution in [3.63, 3.8) is 0 Å². The molecule has 1 unspecified atom stereocenters. The molecule has 2 aliphatic rings. The Hall–Kier alpha value is -1.43. The molecule has 5 nitrogen and oxygen atoms in total. The molecule has 1 atom stereocenters. The van der Waals surface area contributed by atoms with Gasteiger partial charge in [0.1, 0.15) is 0 Å². The van der Waals surface area contributed by atoms with Crippen LogP contribution in [0.1, 0.15) is 18.4 Å². The van der Waals surface area contributed by atoms with E-state index in [2.05, 4.69) is 29.2 Å². The lowest BCUT2D eigenvalue weighted by molar-refractivity contribution is -0.141. The summed E-state index contributed by atoms with van der Waals surface area (Å²) in [5.74, 6) is 0.510. The highest BCUT2D eigenvalue weighted by molar-refractivity contribution is 5.79. The summed E-state index contributed by atoms with van der Waals surface area (Å²) in [6.45, 7) is 5.72. The van der Waals surface area contributed by atoms with E-state index in [9.17, 15) is 4.79 Å². The molecule has 0 spiro atoms. The van der Waals surface area contributed by atoms with Crippen molar-refractivity contribution in [2.24, 2.45) is 11.7 Å². The molecule has 1 aromatic rings. The molecule has 0 radical (unpaired) electrons. The number of nitrogens with two attached hydrogens (primary N) is 1. The van der Waals surface area contributed by atoms with Crippen LogP contribution < -0.4 is 5.73 Å². The fourth-order valence-corrected chi connectivity index (χ4v) is 3.72. The van der Waals surface area contributed by atoms with E-state index in [1.807, 2.05) is 11.0 Å². The number of ether oxygens (including phenoxy) is 1. The zero-order valence-corrected chi connectivity index (χ0v) is 14.4. The van der Waals surface area contributed by atoms with Crippen molar-refractivity contribution in [3.8, 4) is 0 Å². The summed E-state index contributed by atoms with van der Waals surface area (Å²) in [4.78, 5) is 16.9. The Morgan fingerprint density at radius 3 is 2.46 bits per heavy atom. The highest BCUT2D eigenvalue weighted by Crippen LogP contribution is 2.20. The number of benzene rings is 1. The number of hydrogen-bond acceptors (Lipinski definition) is 4. The van der Waals surface area contributed by atoms with E-state index in [-0.39, 0.29) is 12.0 Å². The van der Waals surface area contributed by atoms with Crippen LogP contribution in [0.25, 0.3) is 0 Å². The first-order valence-corrected chi connectivity index (χ1v) is 9.11. The van der Waals surface area contributed by atoms with Gasteiger partial charge in [-0.3, -0.25) is 4.79 Å². The van der Waals surface area contributed by atoms with Crippen molar-refractivity contribution >= 4 is 5.91 Å². The van der Waals surface area contributed by atoms with Gasteiger partial charge in [-0.05, 0) is 37.9 Å². The minimum atomic E-state index is 0.152. The van der Waals surface area contributed by atoms with Gasteiger partial charge >= 0.3 is 0 Å². The van der Waals surface area contributed by atoms with E-state index in [0.29, 0.717) is 19.1 Å². The van der Waals surface area contributed by atoms with Crippen LogP contribution in [-0.2, 0) is 16.0 Å². The third-order valence-corrected chi connectivity index (χ3v) is 5.09. The Labute approximate surface area is 144 Å². The lowest BCUT2D eigenvalue weighted by Crippen LogP contribution is -2.48. The monoisotopic (exact) mass is 331 g/mol. The number of rotatable bonds is 5. The number of morpholine rings is 1. The van der Waals surface area contributed by atoms with Gasteiger partial charge in [-0.25, -0.2) is 0 Å². The zero-order valence-electron chi connectivity index (χ0n) is 14.4. The predicted molar refractivity (Wildman–Crippen MR) is 94.7 cm³/mol. The molecular formula is C19H29N3O2. The number of carbonyl (C=O) groups excluding carboxylic acids is 1. The second-order valence-electron chi connectivity index (χ2n) is 6.96. The summed E-state index contributed by atoms with van der Waals surface area (Å²) in [6, 6.07) is 10.6. The lowest BCUT2D eigenvalue weighted by Gasteiger charge is -2.36. The van der Waals surface area contributed by atoms with E-state index in [4.69, 9.17) is 10.5 Å². The number of likely N-dealkylation sites (tertiary alicyclic amines) is 1. The van der Waals surface area contributed by atoms with Gasteiger partial charge < -0.3 is 20.3 Å². The molecule has 5 heteroatoms. The Bertz CT molecular complexity index is 509. The van der Waals surface area contributed by atoms with Crippen LogP contribution >= 0.6 is 0 Å². The summed E-state index contributed by atoms with van der Waals surface area (Å²) in [6.07, 6.45) is 2.82. The van der Waals surface area contributed by atoms with Crippen molar-refractivity contribution in [1.82, 2.24) is 9.80 Å². The molecule has 0 saturated carbocycles. The molecule has 24 heavy (non-hydrogen) atoms. The molecule has 0 aromatic heterocycles. The van der Waals surface area contributed by atoms with Gasteiger partial charge in [-0.1, -0.05) is 30.3 Å². The molecule has 1 aromatic carbocycles. The number of hydrogen-bond donors (Lipinski definition) is 1. The van der Waals surface area contributed by atoms with E-state index in [0.717, 1.165) is 52.0 Å². The van der Waals surface area contributed by atoms with Gasteiger partial charge in [0, 0.05) is 31.6 Å². The Morgan fingerprint density at radius 1 is 1.12 bits per heavy atom. The van der Waals surface area contributed by atoms with Gasteiger partial charge in [-0.2, -0.15) is 0 Å². The van der Waals surface area contributed by atoms with Crippen molar-refractivity contribution in [2.75, 3.05) is 45.9 Å². The highest BCUT2D eigenvalue weighted by atomic mass is 16.5. The molecule has 1 amide bonds. The lowest BCUT2D eigenvalue weighted by atomic mass is 9.94. The Kier molecular flexibility index (Phi) is 6.24. The van der Waals surface area contributed by atoms with Crippen LogP contribution in [0, 0.1) is 5.92 Å². The van der Waals surface area contributed by atoms with Gasteiger partial charge in [0.05, 0.1) is 13.2 Å². The third-order valence-electron chi connectivity index (χ3n) is 5.09. The van der Waals surface area contributed by atoms with Crippen molar-refractivity contribution < 1.29 is 9.53 Å². The van der Waals surface area contributed by atoms with E-state index < -0.39 is 0 Å². The highest BCUT2D eigenvalue weighted by Gasteiger charge is 2.29. The fraction of sp³-hybridized carbons (Fsp3) is 0.632. The van der Waals surface area contributed by atoms with Crippen LogP contribution in [-0.4, -0.2) is 67.7 Å². The molecule has 2 saturated heterocycles. The average Bonchev–Trinajstić information content (AvgIpc) is 2.63. The standard InChI is InChI=1S/C19H29N3O2/c20-18(14-16-4-2-1-3-5-16)15-21-8-6-17(7-9-21)19(23)22-10-12-24-13-11-22/h1-5,17-18H,6-15,20H2. The summed E-state index contributed by atoms with van der Waals surface area (Å²) in [5, 5.41) is 0. The summed E-state index contributed by atoms with van der Waals surface area (Å²) >= 11 is 0. The van der Waals surface area contributed by atoms with Crippen LogP contribution in [0.4, 0.5) is 0 Å².